The molecule has 1 saturated carbocycles. The Morgan fingerprint density at radius 2 is 1.76 bits per heavy atom. The van der Waals surface area contributed by atoms with Crippen molar-refractivity contribution in [1.82, 2.24) is 4.72 Å². The van der Waals surface area contributed by atoms with Gasteiger partial charge in [-0.3, -0.25) is 9.52 Å². The summed E-state index contributed by atoms with van der Waals surface area (Å²) >= 11 is 1.46. The molecule has 3 N–H and O–H groups in total. The van der Waals surface area contributed by atoms with Gasteiger partial charge in [0.05, 0.1) is 23.7 Å². The summed E-state index contributed by atoms with van der Waals surface area (Å²) in [4.78, 5) is 18.8. The van der Waals surface area contributed by atoms with Gasteiger partial charge in [0.2, 0.25) is 6.86 Å². The molecule has 0 aromatic heterocycles. The number of aliphatic hydroxyl groups excluding tert-OH is 1. The smallest absolute Gasteiger partial charge is 0.255 e. The number of benzene rings is 2. The third-order valence-corrected chi connectivity index (χ3v) is 8.78. The van der Waals surface area contributed by atoms with E-state index in [4.69, 9.17) is 9.84 Å². The van der Waals surface area contributed by atoms with Crippen LogP contribution in [0.5, 0.6) is 5.75 Å². The lowest BCUT2D eigenvalue weighted by Crippen LogP contribution is -2.35. The lowest BCUT2D eigenvalue weighted by Gasteiger charge is -2.35. The second-order valence-electron chi connectivity index (χ2n) is 10.4. The normalized spacial score (nSPS) is 19.0. The van der Waals surface area contributed by atoms with Crippen LogP contribution in [-0.4, -0.2) is 63.4 Å². The number of nitrogens with zero attached hydrogens (tertiary/aromatic N) is 2. The summed E-state index contributed by atoms with van der Waals surface area (Å²) < 4.78 is 35.1. The Morgan fingerprint density at radius 3 is 2.45 bits per heavy atom. The Bertz CT molecular complexity index is 1120. The van der Waals surface area contributed by atoms with E-state index in [9.17, 15) is 13.6 Å². The molecule has 1 aliphatic carbocycles. The highest BCUT2D eigenvalue weighted by molar-refractivity contribution is 7.97. The van der Waals surface area contributed by atoms with Crippen molar-refractivity contribution in [1.29, 1.82) is 0 Å². The predicted octanol–water partition coefficient (Wildman–Crippen LogP) is 5.15. The number of carbonyl (C=O) groups is 1. The highest BCUT2D eigenvalue weighted by Crippen LogP contribution is 2.54. The van der Waals surface area contributed by atoms with Gasteiger partial charge in [-0.1, -0.05) is 0 Å². The quantitative estimate of drug-likeness (QED) is 0.281. The standard InChI is InChI=1S/C28H36F2N4O3S/c29-19-37-26-4-1-20(17-25(26)33-12-5-21(30)6-13-33)27(36)32-23-3-2-22(38-31-11-16-35)18-24(23)34-14-9-28(7-8-28)10-15-34/h1-4,17-18,21,31,35H,5-16,19H2,(H,32,36). The molecule has 2 aromatic carbocycles. The minimum Gasteiger partial charge on any atom is -0.461 e. The number of carbonyl (C=O) groups excluding carboxylic acids is 1. The van der Waals surface area contributed by atoms with Crippen LogP contribution in [0.2, 0.25) is 0 Å². The van der Waals surface area contributed by atoms with E-state index < -0.39 is 13.0 Å². The molecule has 3 aliphatic rings. The molecule has 206 valence electrons. The molecule has 7 nitrogen and oxygen atoms in total. The summed E-state index contributed by atoms with van der Waals surface area (Å²) in [6.07, 6.45) is 4.90. The van der Waals surface area contributed by atoms with Gasteiger partial charge < -0.3 is 25.0 Å². The minimum atomic E-state index is -0.976. The minimum absolute atomic E-state index is 0.0607. The van der Waals surface area contributed by atoms with Gasteiger partial charge >= 0.3 is 0 Å². The fraction of sp³-hybridized carbons (Fsp3) is 0.536. The Morgan fingerprint density at radius 1 is 1.03 bits per heavy atom. The van der Waals surface area contributed by atoms with Crippen molar-refractivity contribution in [2.45, 2.75) is 49.6 Å². The van der Waals surface area contributed by atoms with Gasteiger partial charge in [0.1, 0.15) is 11.9 Å². The number of alkyl halides is 2. The lowest BCUT2D eigenvalue weighted by molar-refractivity contribution is 0.102. The first kappa shape index (κ1) is 27.0. The first-order valence-corrected chi connectivity index (χ1v) is 14.2. The molecular weight excluding hydrogens is 510 g/mol. The molecule has 1 spiro atoms. The Kier molecular flexibility index (Phi) is 8.60. The summed E-state index contributed by atoms with van der Waals surface area (Å²) in [7, 11) is 0. The molecule has 3 fully saturated rings. The van der Waals surface area contributed by atoms with Crippen LogP contribution in [0.1, 0.15) is 48.9 Å². The first-order valence-electron chi connectivity index (χ1n) is 13.4. The van der Waals surface area contributed by atoms with Crippen molar-refractivity contribution in [3.63, 3.8) is 0 Å². The summed E-state index contributed by atoms with van der Waals surface area (Å²) in [6, 6.07) is 10.9. The Hall–Kier alpha value is -2.56. The van der Waals surface area contributed by atoms with Crippen LogP contribution in [0.3, 0.4) is 0 Å². The van der Waals surface area contributed by atoms with E-state index in [1.807, 2.05) is 17.0 Å². The Balaban J connectivity index is 1.37. The van der Waals surface area contributed by atoms with Crippen LogP contribution in [0.25, 0.3) is 0 Å². The van der Waals surface area contributed by atoms with Crippen molar-refractivity contribution in [3.8, 4) is 5.75 Å². The van der Waals surface area contributed by atoms with Gasteiger partial charge in [0.25, 0.3) is 5.91 Å². The SMILES string of the molecule is O=C(Nc1ccc(SNCCO)cc1N1CCC2(CC1)CC2)c1ccc(OCF)c(N2CCC(F)CC2)c1. The third-order valence-electron chi connectivity index (χ3n) is 7.94. The number of halogens is 2. The summed E-state index contributed by atoms with van der Waals surface area (Å²) in [5.74, 6) is 0.0790. The monoisotopic (exact) mass is 546 g/mol. The summed E-state index contributed by atoms with van der Waals surface area (Å²) in [5, 5.41) is 12.2. The van der Waals surface area contributed by atoms with E-state index in [-0.39, 0.29) is 12.5 Å². The highest BCUT2D eigenvalue weighted by atomic mass is 32.2. The molecule has 5 rings (SSSR count). The topological polar surface area (TPSA) is 77.1 Å². The van der Waals surface area contributed by atoms with Crippen molar-refractivity contribution in [2.24, 2.45) is 5.41 Å². The van der Waals surface area contributed by atoms with Crippen molar-refractivity contribution >= 4 is 34.9 Å². The van der Waals surface area contributed by atoms with Crippen LogP contribution >= 0.6 is 11.9 Å². The maximum atomic E-state index is 13.7. The second kappa shape index (κ2) is 12.1. The molecule has 38 heavy (non-hydrogen) atoms. The van der Waals surface area contributed by atoms with E-state index in [0.717, 1.165) is 42.2 Å². The second-order valence-corrected chi connectivity index (χ2v) is 11.4. The number of piperidine rings is 2. The molecule has 10 heteroatoms. The van der Waals surface area contributed by atoms with E-state index in [1.165, 1.54) is 24.8 Å². The van der Waals surface area contributed by atoms with Gasteiger partial charge in [-0.2, -0.15) is 0 Å². The van der Waals surface area contributed by atoms with Gasteiger partial charge in [0.15, 0.2) is 0 Å². The van der Waals surface area contributed by atoms with E-state index >= 15 is 0 Å². The molecule has 1 amide bonds. The number of rotatable bonds is 10. The van der Waals surface area contributed by atoms with E-state index in [0.29, 0.717) is 54.9 Å². The van der Waals surface area contributed by atoms with E-state index in [1.54, 1.807) is 18.2 Å². The molecule has 0 radical (unpaired) electrons. The number of anilines is 3. The van der Waals surface area contributed by atoms with Gasteiger partial charge in [-0.15, -0.1) is 0 Å². The Labute approximate surface area is 227 Å². The zero-order valence-electron chi connectivity index (χ0n) is 21.6. The van der Waals surface area contributed by atoms with E-state index in [2.05, 4.69) is 21.0 Å². The number of ether oxygens (including phenoxy) is 1. The molecule has 2 saturated heterocycles. The number of amides is 1. The largest absolute Gasteiger partial charge is 0.461 e. The number of nitrogens with one attached hydrogen (secondary N) is 2. The number of hydrogen-bond acceptors (Lipinski definition) is 7. The average Bonchev–Trinajstić information content (AvgIpc) is 3.69. The van der Waals surface area contributed by atoms with Crippen LogP contribution in [0, 0.1) is 5.41 Å². The average molecular weight is 547 g/mol. The van der Waals surface area contributed by atoms with Crippen LogP contribution < -0.4 is 24.6 Å². The number of hydrogen-bond donors (Lipinski definition) is 3. The summed E-state index contributed by atoms with van der Waals surface area (Å²) in [5.41, 5.74) is 3.28. The maximum Gasteiger partial charge on any atom is 0.255 e. The van der Waals surface area contributed by atoms with Crippen molar-refractivity contribution in [2.75, 3.05) is 61.3 Å². The molecule has 0 unspecified atom stereocenters. The zero-order chi connectivity index (χ0) is 26.5. The van der Waals surface area contributed by atoms with Crippen LogP contribution in [0.15, 0.2) is 41.3 Å². The molecule has 0 bridgehead atoms. The van der Waals surface area contributed by atoms with Gasteiger partial charge in [-0.25, -0.2) is 8.78 Å². The third kappa shape index (κ3) is 6.35. The van der Waals surface area contributed by atoms with Gasteiger partial charge in [-0.05, 0) is 92.3 Å². The number of aliphatic hydroxyl groups is 1. The molecule has 2 aromatic rings. The molecule has 2 aliphatic heterocycles. The van der Waals surface area contributed by atoms with Crippen molar-refractivity contribution < 1.29 is 23.4 Å². The molecule has 0 atom stereocenters. The summed E-state index contributed by atoms with van der Waals surface area (Å²) in [6.45, 7) is 2.44. The highest BCUT2D eigenvalue weighted by Gasteiger charge is 2.44. The van der Waals surface area contributed by atoms with Crippen LogP contribution in [0.4, 0.5) is 25.8 Å². The fourth-order valence-electron chi connectivity index (χ4n) is 5.39. The first-order chi connectivity index (χ1) is 18.5. The van der Waals surface area contributed by atoms with Crippen molar-refractivity contribution in [3.05, 3.63) is 42.0 Å². The molecule has 2 heterocycles. The van der Waals surface area contributed by atoms with Crippen LogP contribution in [-0.2, 0) is 0 Å². The zero-order valence-corrected chi connectivity index (χ0v) is 22.4. The van der Waals surface area contributed by atoms with Gasteiger partial charge in [0, 0.05) is 43.2 Å². The maximum absolute atomic E-state index is 13.7. The predicted molar refractivity (Wildman–Crippen MR) is 148 cm³/mol. The molecular formula is C28H36F2N4O3S. The lowest BCUT2D eigenvalue weighted by atomic mass is 9.93. The fourth-order valence-corrected chi connectivity index (χ4v) is 6.06.